The van der Waals surface area contributed by atoms with E-state index in [9.17, 15) is 9.90 Å². The number of rotatable bonds is 10. The van der Waals surface area contributed by atoms with E-state index in [4.69, 9.17) is 24.4 Å². The third kappa shape index (κ3) is 5.47. The minimum atomic E-state index is -0.672. The molecule has 1 fully saturated rings. The number of aliphatic hydroxyl groups is 1. The number of benzene rings is 2. The molecule has 1 saturated heterocycles. The summed E-state index contributed by atoms with van der Waals surface area (Å²) in [4.78, 5) is 17.3. The van der Waals surface area contributed by atoms with Crippen LogP contribution in [0, 0.1) is 11.2 Å². The summed E-state index contributed by atoms with van der Waals surface area (Å²) >= 11 is 0. The van der Waals surface area contributed by atoms with Gasteiger partial charge in [-0.15, -0.1) is 0 Å². The molecule has 0 unspecified atom stereocenters. The van der Waals surface area contributed by atoms with Gasteiger partial charge in [-0.25, -0.2) is 4.39 Å². The van der Waals surface area contributed by atoms with Crippen molar-refractivity contribution in [1.29, 1.82) is 5.41 Å². The number of hydrogen-bond donors (Lipinski definition) is 2. The van der Waals surface area contributed by atoms with Crippen LogP contribution in [-0.4, -0.2) is 80.9 Å². The van der Waals surface area contributed by atoms with E-state index in [0.717, 1.165) is 5.56 Å². The Morgan fingerprint density at radius 1 is 1.10 bits per heavy atom. The van der Waals surface area contributed by atoms with E-state index in [2.05, 4.69) is 0 Å². The standard InChI is InChI=1S/C30H40FN3O6/c1-8-39-23-12-18-13-34(29(32)25(18)26(31)28(23)40-9-2)14-21(35)17-10-19(30(3,4)5)27(38-7)20(11-17)33-15-22(36)24(16-33)37-6/h10-12,22,24,32,36H,8-9,13-16H2,1-7H3/t22-,24-/m0/s1. The van der Waals surface area contributed by atoms with Gasteiger partial charge in [-0.05, 0) is 43.0 Å². The van der Waals surface area contributed by atoms with Crippen molar-refractivity contribution in [3.05, 3.63) is 46.3 Å². The quantitative estimate of drug-likeness (QED) is 0.420. The molecule has 2 aliphatic rings. The molecule has 2 atom stereocenters. The number of ether oxygens (including phenoxy) is 4. The summed E-state index contributed by atoms with van der Waals surface area (Å²) in [5.41, 5.74) is 2.35. The second-order valence-electron chi connectivity index (χ2n) is 11.1. The Bertz CT molecular complexity index is 1290. The van der Waals surface area contributed by atoms with Gasteiger partial charge in [0.25, 0.3) is 0 Å². The minimum Gasteiger partial charge on any atom is -0.494 e. The Balaban J connectivity index is 1.68. The highest BCUT2D eigenvalue weighted by atomic mass is 19.1. The van der Waals surface area contributed by atoms with Crippen molar-refractivity contribution in [2.45, 2.75) is 58.8 Å². The average molecular weight is 558 g/mol. The Hall–Kier alpha value is -3.37. The molecular weight excluding hydrogens is 517 g/mol. The van der Waals surface area contributed by atoms with Gasteiger partial charge in [0.1, 0.15) is 17.7 Å². The summed E-state index contributed by atoms with van der Waals surface area (Å²) in [6.45, 7) is 11.2. The normalized spacial score (nSPS) is 18.8. The van der Waals surface area contributed by atoms with Gasteiger partial charge in [-0.3, -0.25) is 10.2 Å². The van der Waals surface area contributed by atoms with Gasteiger partial charge in [0.15, 0.2) is 23.1 Å². The lowest BCUT2D eigenvalue weighted by Crippen LogP contribution is -2.31. The summed E-state index contributed by atoms with van der Waals surface area (Å²) in [6.07, 6.45) is -1.03. The van der Waals surface area contributed by atoms with Crippen LogP contribution in [0.4, 0.5) is 10.1 Å². The zero-order valence-corrected chi connectivity index (χ0v) is 24.4. The summed E-state index contributed by atoms with van der Waals surface area (Å²) < 4.78 is 37.9. The molecule has 40 heavy (non-hydrogen) atoms. The number of Topliss-reactive ketones (excluding diaryl/α,β-unsaturated/α-hetero) is 1. The first-order valence-electron chi connectivity index (χ1n) is 13.6. The lowest BCUT2D eigenvalue weighted by molar-refractivity contribution is 0.0217. The van der Waals surface area contributed by atoms with Gasteiger partial charge < -0.3 is 33.9 Å². The van der Waals surface area contributed by atoms with Gasteiger partial charge in [-0.2, -0.15) is 0 Å². The molecule has 0 amide bonds. The maximum atomic E-state index is 15.5. The minimum absolute atomic E-state index is 0.0159. The van der Waals surface area contributed by atoms with Gasteiger partial charge in [0.05, 0.1) is 44.2 Å². The van der Waals surface area contributed by atoms with Crippen LogP contribution < -0.4 is 19.1 Å². The van der Waals surface area contributed by atoms with E-state index < -0.39 is 11.9 Å². The topological polar surface area (TPSA) is 105 Å². The third-order valence-corrected chi connectivity index (χ3v) is 7.39. The predicted octanol–water partition coefficient (Wildman–Crippen LogP) is 4.15. The summed E-state index contributed by atoms with van der Waals surface area (Å²) in [6, 6.07) is 5.30. The van der Waals surface area contributed by atoms with E-state index in [1.54, 1.807) is 45.1 Å². The van der Waals surface area contributed by atoms with Crippen molar-refractivity contribution >= 4 is 17.3 Å². The number of halogens is 1. The van der Waals surface area contributed by atoms with E-state index in [-0.39, 0.29) is 54.1 Å². The van der Waals surface area contributed by atoms with Gasteiger partial charge >= 0.3 is 0 Å². The summed E-state index contributed by atoms with van der Waals surface area (Å²) in [5, 5.41) is 19.2. The van der Waals surface area contributed by atoms with Crippen LogP contribution in [0.25, 0.3) is 0 Å². The zero-order valence-electron chi connectivity index (χ0n) is 24.4. The lowest BCUT2D eigenvalue weighted by atomic mass is 9.84. The first-order chi connectivity index (χ1) is 18.9. The fourth-order valence-corrected chi connectivity index (χ4v) is 5.39. The highest BCUT2D eigenvalue weighted by molar-refractivity contribution is 6.06. The number of methoxy groups -OCH3 is 2. The Labute approximate surface area is 235 Å². The van der Waals surface area contributed by atoms with E-state index >= 15 is 4.39 Å². The number of hydrogen-bond acceptors (Lipinski definition) is 8. The van der Waals surface area contributed by atoms with Crippen molar-refractivity contribution < 1.29 is 33.2 Å². The van der Waals surface area contributed by atoms with Crippen molar-refractivity contribution in [2.75, 3.05) is 52.0 Å². The molecule has 0 aliphatic carbocycles. The van der Waals surface area contributed by atoms with Gasteiger partial charge in [0, 0.05) is 37.9 Å². The largest absolute Gasteiger partial charge is 0.494 e. The second-order valence-corrected chi connectivity index (χ2v) is 11.1. The third-order valence-electron chi connectivity index (χ3n) is 7.39. The molecule has 0 saturated carbocycles. The van der Waals surface area contributed by atoms with Crippen LogP contribution in [-0.2, 0) is 16.7 Å². The van der Waals surface area contributed by atoms with Gasteiger partial charge in [-0.1, -0.05) is 20.8 Å². The van der Waals surface area contributed by atoms with Crippen molar-refractivity contribution in [3.8, 4) is 17.2 Å². The monoisotopic (exact) mass is 557 g/mol. The summed E-state index contributed by atoms with van der Waals surface area (Å²) in [5.74, 6) is -0.0186. The number of fused-ring (bicyclic) bond motifs is 1. The SMILES string of the molecule is CCOc1cc2c(c(F)c1OCC)C(=N)N(CC(=O)c1cc(N3C[C@H](OC)[C@@H](O)C3)c(OC)c(C(C)(C)C)c1)C2. The first-order valence-corrected chi connectivity index (χ1v) is 13.6. The Morgan fingerprint density at radius 3 is 2.38 bits per heavy atom. The number of carbonyl (C=O) groups is 1. The number of aliphatic hydroxyl groups excluding tert-OH is 1. The lowest BCUT2D eigenvalue weighted by Gasteiger charge is -2.29. The molecule has 2 aliphatic heterocycles. The maximum Gasteiger partial charge on any atom is 0.197 e. The molecule has 2 heterocycles. The van der Waals surface area contributed by atoms with Crippen molar-refractivity contribution in [1.82, 2.24) is 4.90 Å². The van der Waals surface area contributed by atoms with Crippen molar-refractivity contribution in [2.24, 2.45) is 0 Å². The molecule has 2 N–H and O–H groups in total. The van der Waals surface area contributed by atoms with Crippen LogP contribution in [0.5, 0.6) is 17.2 Å². The smallest absolute Gasteiger partial charge is 0.197 e. The molecule has 218 valence electrons. The molecule has 4 rings (SSSR count). The summed E-state index contributed by atoms with van der Waals surface area (Å²) in [7, 11) is 3.16. The van der Waals surface area contributed by atoms with E-state index in [1.165, 1.54) is 0 Å². The number of carbonyl (C=O) groups excluding carboxylic acids is 1. The highest BCUT2D eigenvalue weighted by Crippen LogP contribution is 2.42. The maximum absolute atomic E-state index is 15.5. The number of anilines is 1. The zero-order chi connectivity index (χ0) is 29.4. The van der Waals surface area contributed by atoms with Crippen LogP contribution in [0.3, 0.4) is 0 Å². The number of nitrogens with zero attached hydrogens (tertiary/aromatic N) is 2. The van der Waals surface area contributed by atoms with Crippen LogP contribution >= 0.6 is 0 Å². The number of nitrogens with one attached hydrogen (secondary N) is 1. The number of ketones is 1. The Morgan fingerprint density at radius 2 is 1.80 bits per heavy atom. The van der Waals surface area contributed by atoms with Gasteiger partial charge in [0.2, 0.25) is 0 Å². The molecule has 0 spiro atoms. The van der Waals surface area contributed by atoms with Crippen molar-refractivity contribution in [3.63, 3.8) is 0 Å². The fourth-order valence-electron chi connectivity index (χ4n) is 5.39. The highest BCUT2D eigenvalue weighted by Gasteiger charge is 2.36. The van der Waals surface area contributed by atoms with Crippen LogP contribution in [0.15, 0.2) is 18.2 Å². The first kappa shape index (κ1) is 29.6. The molecule has 0 bridgehead atoms. The molecule has 0 radical (unpaired) electrons. The predicted molar refractivity (Wildman–Crippen MR) is 151 cm³/mol. The van der Waals surface area contributed by atoms with Crippen LogP contribution in [0.1, 0.15) is 61.7 Å². The van der Waals surface area contributed by atoms with Crippen LogP contribution in [0.2, 0.25) is 0 Å². The fraction of sp³-hybridized carbons (Fsp3) is 0.533. The Kier molecular flexibility index (Phi) is 8.60. The molecule has 10 heteroatoms. The van der Waals surface area contributed by atoms with E-state index in [0.29, 0.717) is 48.0 Å². The molecule has 2 aromatic carbocycles. The molecule has 2 aromatic rings. The molecular formula is C30H40FN3O6. The average Bonchev–Trinajstić information content (AvgIpc) is 3.43. The molecule has 0 aromatic heterocycles. The second kappa shape index (κ2) is 11.6. The van der Waals surface area contributed by atoms with E-state index in [1.807, 2.05) is 31.7 Å². The number of β-amino-alcohol motifs (C(OH)–C–C–N with tert-alkyl or cyclic N) is 1. The molecule has 9 nitrogen and oxygen atoms in total. The number of amidine groups is 1.